The fourth-order valence-electron chi connectivity index (χ4n) is 1.77. The quantitative estimate of drug-likeness (QED) is 0.744. The van der Waals surface area contributed by atoms with Crippen molar-refractivity contribution in [1.29, 1.82) is 0 Å². The van der Waals surface area contributed by atoms with E-state index < -0.39 is 0 Å². The monoisotopic (exact) mass is 218 g/mol. The summed E-state index contributed by atoms with van der Waals surface area (Å²) in [6.45, 7) is 7.11. The number of nitrogens with one attached hydrogen (secondary N) is 1. The van der Waals surface area contributed by atoms with Crippen molar-refractivity contribution in [3.8, 4) is 0 Å². The molecule has 0 saturated carbocycles. The molecule has 0 amide bonds. The van der Waals surface area contributed by atoms with Gasteiger partial charge in [0.1, 0.15) is 11.3 Å². The van der Waals surface area contributed by atoms with Crippen LogP contribution in [0, 0.1) is 6.92 Å². The number of rotatable bonds is 1. The Kier molecular flexibility index (Phi) is 2.92. The van der Waals surface area contributed by atoms with Gasteiger partial charge < -0.3 is 9.88 Å². The molecule has 0 radical (unpaired) electrons. The van der Waals surface area contributed by atoms with Gasteiger partial charge in [0.15, 0.2) is 5.65 Å². The first-order valence-corrected chi connectivity index (χ1v) is 5.78. The smallest absolute Gasteiger partial charge is 0.160 e. The van der Waals surface area contributed by atoms with E-state index in [-0.39, 0.29) is 0 Å². The summed E-state index contributed by atoms with van der Waals surface area (Å²) in [6.07, 6.45) is 1.84. The van der Waals surface area contributed by atoms with Gasteiger partial charge >= 0.3 is 0 Å². The lowest BCUT2D eigenvalue weighted by atomic mass is 10.3. The number of aryl methyl sites for hydroxylation is 2. The van der Waals surface area contributed by atoms with Gasteiger partial charge in [0.05, 0.1) is 6.04 Å². The Morgan fingerprint density at radius 1 is 1.44 bits per heavy atom. The molecule has 1 atom stereocenters. The Morgan fingerprint density at radius 3 is 2.69 bits per heavy atom. The molecule has 4 heteroatoms. The Balaban J connectivity index is 0.000000457. The predicted molar refractivity (Wildman–Crippen MR) is 65.3 cm³/mol. The lowest BCUT2D eigenvalue weighted by molar-refractivity contribution is 0.804. The van der Waals surface area contributed by atoms with Crippen LogP contribution in [-0.4, -0.2) is 21.1 Å². The Hall–Kier alpha value is -1.42. The first kappa shape index (κ1) is 11.1. The highest BCUT2D eigenvalue weighted by Crippen LogP contribution is 2.24. The van der Waals surface area contributed by atoms with Crippen LogP contribution in [0.4, 0.5) is 0 Å². The maximum atomic E-state index is 4.61. The minimum Gasteiger partial charge on any atom is -0.314 e. The van der Waals surface area contributed by atoms with Crippen molar-refractivity contribution in [2.24, 2.45) is 7.05 Å². The molecular weight excluding hydrogens is 200 g/mol. The molecule has 0 aromatic carbocycles. The van der Waals surface area contributed by atoms with E-state index in [1.54, 1.807) is 0 Å². The number of nitrogens with zero attached hydrogens (tertiary/aromatic N) is 3. The van der Waals surface area contributed by atoms with E-state index in [0.29, 0.717) is 6.04 Å². The largest absolute Gasteiger partial charge is 0.314 e. The molecule has 86 valence electrons. The maximum Gasteiger partial charge on any atom is 0.160 e. The molecule has 1 saturated heterocycles. The van der Waals surface area contributed by atoms with Crippen LogP contribution in [0.3, 0.4) is 0 Å². The molecule has 1 fully saturated rings. The predicted octanol–water partition coefficient (Wildman–Crippen LogP) is 1.95. The molecule has 3 rings (SSSR count). The van der Waals surface area contributed by atoms with Crippen molar-refractivity contribution in [2.45, 2.75) is 26.8 Å². The second-order valence-corrected chi connectivity index (χ2v) is 3.79. The van der Waals surface area contributed by atoms with Crippen molar-refractivity contribution in [1.82, 2.24) is 19.9 Å². The Morgan fingerprint density at radius 2 is 2.12 bits per heavy atom. The zero-order chi connectivity index (χ0) is 11.7. The average Bonchev–Trinajstić information content (AvgIpc) is 3.09. The van der Waals surface area contributed by atoms with Crippen molar-refractivity contribution in [2.75, 3.05) is 6.54 Å². The Bertz CT molecular complexity index is 497. The van der Waals surface area contributed by atoms with Gasteiger partial charge in [0, 0.05) is 19.8 Å². The van der Waals surface area contributed by atoms with Crippen LogP contribution in [0.15, 0.2) is 12.3 Å². The summed E-state index contributed by atoms with van der Waals surface area (Å²) in [7, 11) is 2.02. The van der Waals surface area contributed by atoms with Gasteiger partial charge in [-0.1, -0.05) is 13.8 Å². The second-order valence-electron chi connectivity index (χ2n) is 3.79. The molecule has 1 aliphatic heterocycles. The summed E-state index contributed by atoms with van der Waals surface area (Å²) in [5.41, 5.74) is 3.20. The summed E-state index contributed by atoms with van der Waals surface area (Å²) in [5.74, 6) is 1.10. The Labute approximate surface area is 95.7 Å². The molecule has 4 nitrogen and oxygen atoms in total. The molecule has 3 heterocycles. The number of pyridine rings is 1. The van der Waals surface area contributed by atoms with Crippen molar-refractivity contribution in [3.63, 3.8) is 0 Å². The van der Waals surface area contributed by atoms with Crippen LogP contribution in [0.5, 0.6) is 0 Å². The van der Waals surface area contributed by atoms with Crippen molar-refractivity contribution < 1.29 is 0 Å². The molecule has 0 bridgehead atoms. The van der Waals surface area contributed by atoms with Gasteiger partial charge in [-0.3, -0.25) is 0 Å². The van der Waals surface area contributed by atoms with Gasteiger partial charge in [-0.05, 0) is 18.6 Å². The van der Waals surface area contributed by atoms with Gasteiger partial charge in [-0.15, -0.1) is 0 Å². The van der Waals surface area contributed by atoms with E-state index in [1.165, 1.54) is 5.56 Å². The van der Waals surface area contributed by atoms with Crippen LogP contribution >= 0.6 is 0 Å². The summed E-state index contributed by atoms with van der Waals surface area (Å²) in [6, 6.07) is 2.44. The standard InChI is InChI=1S/C10H12N4.C2H6/c1-6-3-4-11-10-8(6)13-9(14(10)2)7-5-12-7;1-2/h3-4,7,12H,5H2,1-2H3;1-2H3. The number of fused-ring (bicyclic) bond motifs is 1. The zero-order valence-electron chi connectivity index (χ0n) is 10.3. The first-order valence-electron chi connectivity index (χ1n) is 5.78. The molecule has 2 aromatic heterocycles. The fraction of sp³-hybridized carbons (Fsp3) is 0.500. The van der Waals surface area contributed by atoms with E-state index in [1.807, 2.05) is 33.2 Å². The topological polar surface area (TPSA) is 52.6 Å². The molecule has 1 unspecified atom stereocenters. The third kappa shape index (κ3) is 1.69. The summed E-state index contributed by atoms with van der Waals surface area (Å²) >= 11 is 0. The van der Waals surface area contributed by atoms with E-state index in [2.05, 4.69) is 26.8 Å². The normalized spacial score (nSPS) is 18.1. The van der Waals surface area contributed by atoms with Crippen LogP contribution in [0.1, 0.15) is 31.3 Å². The zero-order valence-corrected chi connectivity index (χ0v) is 10.3. The fourth-order valence-corrected chi connectivity index (χ4v) is 1.77. The van der Waals surface area contributed by atoms with Crippen molar-refractivity contribution >= 4 is 11.2 Å². The number of hydrogen-bond acceptors (Lipinski definition) is 3. The van der Waals surface area contributed by atoms with E-state index in [4.69, 9.17) is 0 Å². The van der Waals surface area contributed by atoms with E-state index in [9.17, 15) is 0 Å². The average molecular weight is 218 g/mol. The third-order valence-electron chi connectivity index (χ3n) is 2.71. The summed E-state index contributed by atoms with van der Waals surface area (Å²) in [4.78, 5) is 8.96. The molecule has 0 aliphatic carbocycles. The lowest BCUT2D eigenvalue weighted by Gasteiger charge is -1.97. The highest BCUT2D eigenvalue weighted by Gasteiger charge is 2.28. The highest BCUT2D eigenvalue weighted by atomic mass is 15.2. The first-order chi connectivity index (χ1) is 7.77. The second kappa shape index (κ2) is 4.22. The van der Waals surface area contributed by atoms with Gasteiger partial charge in [0.2, 0.25) is 0 Å². The van der Waals surface area contributed by atoms with Crippen LogP contribution < -0.4 is 5.32 Å². The number of hydrogen-bond donors (Lipinski definition) is 1. The summed E-state index contributed by atoms with van der Waals surface area (Å²) in [5, 5.41) is 3.26. The van der Waals surface area contributed by atoms with Gasteiger partial charge in [-0.2, -0.15) is 0 Å². The molecule has 2 aromatic rings. The van der Waals surface area contributed by atoms with E-state index in [0.717, 1.165) is 23.5 Å². The third-order valence-corrected chi connectivity index (χ3v) is 2.71. The minimum atomic E-state index is 0.439. The summed E-state index contributed by atoms with van der Waals surface area (Å²) < 4.78 is 2.08. The molecule has 16 heavy (non-hydrogen) atoms. The van der Waals surface area contributed by atoms with Crippen LogP contribution in [-0.2, 0) is 7.05 Å². The van der Waals surface area contributed by atoms with E-state index >= 15 is 0 Å². The SMILES string of the molecule is CC.Cc1ccnc2c1nc(C1CN1)n2C. The van der Waals surface area contributed by atoms with Crippen LogP contribution in [0.25, 0.3) is 11.2 Å². The highest BCUT2D eigenvalue weighted by molar-refractivity contribution is 5.75. The van der Waals surface area contributed by atoms with Crippen LogP contribution in [0.2, 0.25) is 0 Å². The number of aromatic nitrogens is 3. The van der Waals surface area contributed by atoms with Crippen molar-refractivity contribution in [3.05, 3.63) is 23.7 Å². The minimum absolute atomic E-state index is 0.439. The molecular formula is C12H18N4. The molecule has 0 spiro atoms. The van der Waals surface area contributed by atoms with Gasteiger partial charge in [0.25, 0.3) is 0 Å². The molecule has 1 N–H and O–H groups in total. The molecule has 1 aliphatic rings. The van der Waals surface area contributed by atoms with Gasteiger partial charge in [-0.25, -0.2) is 9.97 Å². The lowest BCUT2D eigenvalue weighted by Crippen LogP contribution is -1.98. The number of imidazole rings is 1. The maximum absolute atomic E-state index is 4.61.